The Bertz CT molecular complexity index is 1470. The number of aryl methyl sites for hydroxylation is 1. The molecule has 0 bridgehead atoms. The zero-order chi connectivity index (χ0) is 22.5. The second-order valence-corrected chi connectivity index (χ2v) is 6.91. The van der Waals surface area contributed by atoms with Crippen molar-refractivity contribution in [1.82, 2.24) is 40.2 Å². The molecule has 0 fully saturated rings. The Kier molecular flexibility index (Phi) is 4.39. The predicted molar refractivity (Wildman–Crippen MR) is 104 cm³/mol. The van der Waals surface area contributed by atoms with Crippen molar-refractivity contribution in [2.24, 2.45) is 7.05 Å². The predicted octanol–water partition coefficient (Wildman–Crippen LogP) is 2.84. The van der Waals surface area contributed by atoms with Gasteiger partial charge in [-0.3, -0.25) is 9.48 Å². The number of nitrogens with zero attached hydrogens (tertiary/aromatic N) is 6. The van der Waals surface area contributed by atoms with Gasteiger partial charge in [0, 0.05) is 13.1 Å². The molecule has 0 saturated carbocycles. The van der Waals surface area contributed by atoms with Crippen LogP contribution in [0.4, 0.5) is 13.2 Å². The van der Waals surface area contributed by atoms with Crippen molar-refractivity contribution in [3.63, 3.8) is 0 Å². The molecule has 0 aliphatic heterocycles. The van der Waals surface area contributed by atoms with Gasteiger partial charge in [-0.25, -0.2) is 15.0 Å². The number of amides is 1. The molecule has 4 heterocycles. The zero-order valence-corrected chi connectivity index (χ0v) is 16.3. The van der Waals surface area contributed by atoms with Crippen LogP contribution < -0.4 is 5.32 Å². The summed E-state index contributed by atoms with van der Waals surface area (Å²) in [5.41, 5.74) is 0.862. The number of aromatic amines is 1. The van der Waals surface area contributed by atoms with Crippen LogP contribution in [0.1, 0.15) is 21.7 Å². The molecule has 0 radical (unpaired) electrons. The molecule has 32 heavy (non-hydrogen) atoms. The number of H-pyrrole nitrogens is 1. The molecular weight excluding hydrogens is 429 g/mol. The van der Waals surface area contributed by atoms with Gasteiger partial charge in [-0.05, 0) is 18.2 Å². The molecule has 0 atom stereocenters. The first-order valence-electron chi connectivity index (χ1n) is 9.23. The Labute approximate surface area is 176 Å². The quantitative estimate of drug-likeness (QED) is 0.438. The van der Waals surface area contributed by atoms with Crippen LogP contribution in [0.25, 0.3) is 33.7 Å². The summed E-state index contributed by atoms with van der Waals surface area (Å²) in [7, 11) is 1.70. The monoisotopic (exact) mass is 442 g/mol. The largest absolute Gasteiger partial charge is 0.416 e. The zero-order valence-electron chi connectivity index (χ0n) is 16.3. The molecule has 5 rings (SSSR count). The number of hydrogen-bond acceptors (Lipinski definition) is 7. The van der Waals surface area contributed by atoms with Crippen LogP contribution in [0.2, 0.25) is 0 Å². The molecule has 10 nitrogen and oxygen atoms in total. The molecule has 0 unspecified atom stereocenters. The minimum absolute atomic E-state index is 0.0343. The molecule has 13 heteroatoms. The fraction of sp³-hybridized carbons (Fsp3) is 0.158. The van der Waals surface area contributed by atoms with Crippen molar-refractivity contribution in [3.05, 3.63) is 53.7 Å². The molecule has 162 valence electrons. The Hall–Kier alpha value is -4.29. The molecule has 0 aliphatic rings. The molecule has 0 aliphatic carbocycles. The first kappa shape index (κ1) is 19.7. The highest BCUT2D eigenvalue weighted by Crippen LogP contribution is 2.31. The first-order valence-corrected chi connectivity index (χ1v) is 9.23. The van der Waals surface area contributed by atoms with Crippen molar-refractivity contribution < 1.29 is 22.5 Å². The van der Waals surface area contributed by atoms with Crippen LogP contribution in [0.15, 0.2) is 41.3 Å². The normalized spacial score (nSPS) is 12.0. The third-order valence-corrected chi connectivity index (χ3v) is 4.78. The van der Waals surface area contributed by atoms with Gasteiger partial charge in [0.1, 0.15) is 17.7 Å². The van der Waals surface area contributed by atoms with E-state index < -0.39 is 17.6 Å². The number of imidazole rings is 1. The van der Waals surface area contributed by atoms with Crippen LogP contribution >= 0.6 is 0 Å². The van der Waals surface area contributed by atoms with E-state index in [4.69, 9.17) is 4.52 Å². The van der Waals surface area contributed by atoms with Gasteiger partial charge in [0.15, 0.2) is 11.5 Å². The van der Waals surface area contributed by atoms with Crippen LogP contribution in [0.3, 0.4) is 0 Å². The Balaban J connectivity index is 1.33. The van der Waals surface area contributed by atoms with E-state index in [0.717, 1.165) is 12.1 Å². The minimum atomic E-state index is -4.46. The van der Waals surface area contributed by atoms with Gasteiger partial charge in [-0.1, -0.05) is 5.16 Å². The molecular formula is C19H13F3N8O2. The molecule has 1 amide bonds. The summed E-state index contributed by atoms with van der Waals surface area (Å²) < 4.78 is 45.5. The maximum atomic E-state index is 12.9. The average Bonchev–Trinajstić information content (AvgIpc) is 3.49. The van der Waals surface area contributed by atoms with Crippen molar-refractivity contribution in [2.45, 2.75) is 12.7 Å². The maximum Gasteiger partial charge on any atom is 0.416 e. The number of nitrogens with one attached hydrogen (secondary N) is 2. The van der Waals surface area contributed by atoms with Gasteiger partial charge in [-0.2, -0.15) is 18.3 Å². The number of carbonyl (C=O) groups is 1. The van der Waals surface area contributed by atoms with Crippen LogP contribution in [0.5, 0.6) is 0 Å². The molecule has 4 aromatic heterocycles. The Morgan fingerprint density at radius 3 is 2.91 bits per heavy atom. The van der Waals surface area contributed by atoms with Gasteiger partial charge in [0.25, 0.3) is 5.91 Å². The van der Waals surface area contributed by atoms with Gasteiger partial charge >= 0.3 is 6.18 Å². The molecule has 1 aromatic carbocycles. The summed E-state index contributed by atoms with van der Waals surface area (Å²) in [5.74, 6) is -0.00803. The van der Waals surface area contributed by atoms with Gasteiger partial charge < -0.3 is 14.8 Å². The van der Waals surface area contributed by atoms with Gasteiger partial charge in [0.05, 0.1) is 34.7 Å². The molecule has 5 aromatic rings. The van der Waals surface area contributed by atoms with Gasteiger partial charge in [-0.15, -0.1) is 0 Å². The minimum Gasteiger partial charge on any atom is -0.353 e. The number of carbonyl (C=O) groups excluding carboxylic acids is 1. The van der Waals surface area contributed by atoms with Crippen LogP contribution in [0, 0.1) is 0 Å². The van der Waals surface area contributed by atoms with E-state index in [1.165, 1.54) is 29.3 Å². The second kappa shape index (κ2) is 7.14. The van der Waals surface area contributed by atoms with E-state index >= 15 is 0 Å². The van der Waals surface area contributed by atoms with Gasteiger partial charge in [0.2, 0.25) is 5.76 Å². The van der Waals surface area contributed by atoms with Crippen molar-refractivity contribution in [2.75, 3.05) is 0 Å². The van der Waals surface area contributed by atoms with Crippen molar-refractivity contribution in [1.29, 1.82) is 0 Å². The summed E-state index contributed by atoms with van der Waals surface area (Å²) in [6, 6.07) is 4.74. The standard InChI is InChI=1S/C19H13F3N8O2/c1-30-17-11(7-26-30)15(24-8-25-17)18(31)23-6-10-5-14(32-29-10)16-27-12-3-2-9(19(20,21)22)4-13(12)28-16/h2-5,7-8H,6H2,1H3,(H,23,31)(H,27,28). The van der Waals surface area contributed by atoms with Crippen LogP contribution in [-0.2, 0) is 19.8 Å². The van der Waals surface area contributed by atoms with E-state index in [0.29, 0.717) is 22.2 Å². The second-order valence-electron chi connectivity index (χ2n) is 6.91. The molecule has 0 spiro atoms. The summed E-state index contributed by atoms with van der Waals surface area (Å²) in [5, 5.41) is 11.1. The number of alkyl halides is 3. The third-order valence-electron chi connectivity index (χ3n) is 4.78. The SMILES string of the molecule is Cn1ncc2c(C(=O)NCc3cc(-c4nc5ccc(C(F)(F)F)cc5[nH]4)on3)ncnc21. The average molecular weight is 442 g/mol. The van der Waals surface area contributed by atoms with Crippen molar-refractivity contribution >= 4 is 28.0 Å². The molecule has 2 N–H and O–H groups in total. The van der Waals surface area contributed by atoms with E-state index in [1.54, 1.807) is 7.05 Å². The number of aromatic nitrogens is 7. The topological polar surface area (TPSA) is 127 Å². The fourth-order valence-electron chi connectivity index (χ4n) is 3.21. The molecule has 0 saturated heterocycles. The highest BCUT2D eigenvalue weighted by Gasteiger charge is 2.30. The third kappa shape index (κ3) is 3.42. The summed E-state index contributed by atoms with van der Waals surface area (Å²) in [4.78, 5) is 27.7. The van der Waals surface area contributed by atoms with E-state index in [-0.39, 0.29) is 29.3 Å². The number of benzene rings is 1. The summed E-state index contributed by atoms with van der Waals surface area (Å²) >= 11 is 0. The Morgan fingerprint density at radius 1 is 1.25 bits per heavy atom. The van der Waals surface area contributed by atoms with E-state index in [1.807, 2.05) is 0 Å². The number of halogens is 3. The summed E-state index contributed by atoms with van der Waals surface area (Å²) in [6.45, 7) is 0.0343. The smallest absolute Gasteiger partial charge is 0.353 e. The van der Waals surface area contributed by atoms with Crippen LogP contribution in [-0.4, -0.2) is 40.8 Å². The lowest BCUT2D eigenvalue weighted by atomic mass is 10.2. The number of fused-ring (bicyclic) bond motifs is 2. The lowest BCUT2D eigenvalue weighted by molar-refractivity contribution is -0.137. The van der Waals surface area contributed by atoms with Crippen molar-refractivity contribution in [3.8, 4) is 11.6 Å². The van der Waals surface area contributed by atoms with E-state index in [9.17, 15) is 18.0 Å². The lowest BCUT2D eigenvalue weighted by Gasteiger charge is -2.05. The maximum absolute atomic E-state index is 12.9. The fourth-order valence-corrected chi connectivity index (χ4v) is 3.21. The highest BCUT2D eigenvalue weighted by atomic mass is 19.4. The lowest BCUT2D eigenvalue weighted by Crippen LogP contribution is -2.24. The summed E-state index contributed by atoms with van der Waals surface area (Å²) in [6.07, 6.45) is -1.68. The highest BCUT2D eigenvalue weighted by molar-refractivity contribution is 6.03. The number of hydrogen-bond donors (Lipinski definition) is 2. The first-order chi connectivity index (χ1) is 15.3. The Morgan fingerprint density at radius 2 is 2.09 bits per heavy atom. The van der Waals surface area contributed by atoms with E-state index in [2.05, 4.69) is 35.5 Å². The number of rotatable bonds is 4.